The lowest BCUT2D eigenvalue weighted by Crippen LogP contribution is -2.48. The first-order valence-electron chi connectivity index (χ1n) is 16.5. The van der Waals surface area contributed by atoms with Crippen molar-refractivity contribution < 1.29 is 28.8 Å². The molecule has 2 aromatic rings. The number of hydrogen-bond donors (Lipinski definition) is 1. The van der Waals surface area contributed by atoms with Gasteiger partial charge in [-0.3, -0.25) is 14.7 Å². The summed E-state index contributed by atoms with van der Waals surface area (Å²) in [6.45, 7) is 14.6. The Labute approximate surface area is 272 Å². The number of aliphatic hydroxyl groups is 1. The van der Waals surface area contributed by atoms with Gasteiger partial charge in [-0.1, -0.05) is 26.0 Å². The fourth-order valence-corrected chi connectivity index (χ4v) is 7.40. The van der Waals surface area contributed by atoms with E-state index in [-0.39, 0.29) is 11.9 Å². The average Bonchev–Trinajstić information content (AvgIpc) is 3.50. The highest BCUT2D eigenvalue weighted by Gasteiger charge is 2.43. The summed E-state index contributed by atoms with van der Waals surface area (Å²) in [5, 5.41) is 11.2. The number of methoxy groups -OCH3 is 2. The molecular formula is C36H48N4O6. The first-order chi connectivity index (χ1) is 22.1. The molecule has 0 radical (unpaired) electrons. The highest BCUT2D eigenvalue weighted by molar-refractivity contribution is 6.02. The van der Waals surface area contributed by atoms with E-state index in [1.54, 1.807) is 25.2 Å². The minimum Gasteiger partial charge on any atom is -0.493 e. The van der Waals surface area contributed by atoms with Gasteiger partial charge in [0, 0.05) is 50.6 Å². The number of aliphatic hydroxyl groups excluding tert-OH is 1. The molecule has 2 aromatic carbocycles. The molecule has 0 aromatic heterocycles. The van der Waals surface area contributed by atoms with Crippen molar-refractivity contribution in [2.75, 3.05) is 52.0 Å². The van der Waals surface area contributed by atoms with Gasteiger partial charge in [-0.05, 0) is 62.1 Å². The number of fused-ring (bicyclic) bond motifs is 4. The van der Waals surface area contributed by atoms with Crippen molar-refractivity contribution in [1.29, 1.82) is 0 Å². The first-order valence-corrected chi connectivity index (χ1v) is 16.5. The van der Waals surface area contributed by atoms with Crippen LogP contribution in [0, 0.1) is 5.41 Å². The third-order valence-electron chi connectivity index (χ3n) is 9.67. The van der Waals surface area contributed by atoms with Crippen LogP contribution in [0.15, 0.2) is 41.4 Å². The molecule has 10 nitrogen and oxygen atoms in total. The molecule has 4 aliphatic rings. The van der Waals surface area contributed by atoms with E-state index in [2.05, 4.69) is 37.6 Å². The minimum absolute atomic E-state index is 0.124. The SMILES string of the molecule is C=C1C[C@H]2C(O)N(CC)c3cc(OCCCCCOc4cc5c(cc4OC)CN4CC(C)(C)C[C@H]4C=N5)c(OC)cc3C(=O)N2C1. The zero-order chi connectivity index (χ0) is 32.6. The fourth-order valence-electron chi connectivity index (χ4n) is 7.40. The van der Waals surface area contributed by atoms with E-state index in [0.29, 0.717) is 72.7 Å². The zero-order valence-corrected chi connectivity index (χ0v) is 27.9. The number of nitrogens with zero attached hydrogens (tertiary/aromatic N) is 4. The number of likely N-dealkylation sites (N-methyl/N-ethyl adjacent to an activating group) is 1. The van der Waals surface area contributed by atoms with Crippen molar-refractivity contribution in [3.63, 3.8) is 0 Å². The Balaban J connectivity index is 1.04. The van der Waals surface area contributed by atoms with Crippen molar-refractivity contribution >= 4 is 23.5 Å². The summed E-state index contributed by atoms with van der Waals surface area (Å²) in [6, 6.07) is 7.69. The topological polar surface area (TPSA) is 96.3 Å². The minimum atomic E-state index is -0.828. The lowest BCUT2D eigenvalue weighted by molar-refractivity contribution is 0.0516. The number of amides is 1. The van der Waals surface area contributed by atoms with Crippen LogP contribution in [-0.2, 0) is 6.54 Å². The van der Waals surface area contributed by atoms with Crippen LogP contribution in [0.4, 0.5) is 11.4 Å². The van der Waals surface area contributed by atoms with Gasteiger partial charge in [0.05, 0.1) is 50.4 Å². The van der Waals surface area contributed by atoms with Crippen molar-refractivity contribution in [3.05, 3.63) is 47.5 Å². The molecule has 2 fully saturated rings. The summed E-state index contributed by atoms with van der Waals surface area (Å²) < 4.78 is 23.7. The molecule has 1 unspecified atom stereocenters. The second kappa shape index (κ2) is 13.2. The van der Waals surface area contributed by atoms with Crippen LogP contribution in [0.1, 0.15) is 68.8 Å². The maximum Gasteiger partial charge on any atom is 0.256 e. The summed E-state index contributed by atoms with van der Waals surface area (Å²) in [7, 11) is 3.26. The summed E-state index contributed by atoms with van der Waals surface area (Å²) in [5.74, 6) is 2.38. The van der Waals surface area contributed by atoms with Gasteiger partial charge in [0.2, 0.25) is 0 Å². The standard InChI is InChI=1S/C36H48N4O6/c1-7-39-28-17-33(31(44-6)15-26(28)34(41)40-20-23(2)13-29(40)35(39)42)46-12-10-8-9-11-45-32-16-27-24(14-30(32)43-5)21-38-22-36(3,4)18-25(38)19-37-27/h14-17,19,25,29,35,42H,2,7-13,18,20-22H2,1,3-6H3/t25-,29-,35?/m0/s1. The summed E-state index contributed by atoms with van der Waals surface area (Å²) in [6.07, 6.45) is 5.55. The molecule has 4 heterocycles. The Morgan fingerprint density at radius 1 is 0.978 bits per heavy atom. The molecule has 0 bridgehead atoms. The van der Waals surface area contributed by atoms with Gasteiger partial charge in [-0.15, -0.1) is 0 Å². The Kier molecular flexibility index (Phi) is 9.21. The van der Waals surface area contributed by atoms with Crippen molar-refractivity contribution in [3.8, 4) is 23.0 Å². The molecule has 2 saturated heterocycles. The van der Waals surface area contributed by atoms with Crippen LogP contribution in [0.3, 0.4) is 0 Å². The molecule has 248 valence electrons. The van der Waals surface area contributed by atoms with Gasteiger partial charge in [-0.2, -0.15) is 0 Å². The van der Waals surface area contributed by atoms with E-state index in [4.69, 9.17) is 23.9 Å². The van der Waals surface area contributed by atoms with Gasteiger partial charge < -0.3 is 33.9 Å². The predicted molar refractivity (Wildman–Crippen MR) is 179 cm³/mol. The lowest BCUT2D eigenvalue weighted by atomic mass is 9.91. The fraction of sp³-hybridized carbons (Fsp3) is 0.556. The number of ether oxygens (including phenoxy) is 4. The summed E-state index contributed by atoms with van der Waals surface area (Å²) in [5.41, 5.74) is 4.53. The maximum atomic E-state index is 13.5. The number of aliphatic imine (C=N–C) groups is 1. The number of carbonyl (C=O) groups is 1. The third kappa shape index (κ3) is 6.29. The number of unbranched alkanes of at least 4 members (excludes halogenated alkanes) is 2. The summed E-state index contributed by atoms with van der Waals surface area (Å²) in [4.78, 5) is 24.5. The van der Waals surface area contributed by atoms with Crippen LogP contribution in [0.25, 0.3) is 0 Å². The van der Waals surface area contributed by atoms with Crippen LogP contribution in [-0.4, -0.2) is 92.4 Å². The van der Waals surface area contributed by atoms with E-state index in [1.807, 2.05) is 24.0 Å². The summed E-state index contributed by atoms with van der Waals surface area (Å²) >= 11 is 0. The largest absolute Gasteiger partial charge is 0.493 e. The van der Waals surface area contributed by atoms with Crippen LogP contribution in [0.2, 0.25) is 0 Å². The highest BCUT2D eigenvalue weighted by Crippen LogP contribution is 2.43. The molecule has 4 aliphatic heterocycles. The average molecular weight is 633 g/mol. The molecule has 10 heteroatoms. The highest BCUT2D eigenvalue weighted by atomic mass is 16.5. The Hall–Kier alpha value is -3.76. The molecule has 1 amide bonds. The number of rotatable bonds is 11. The molecule has 0 aliphatic carbocycles. The zero-order valence-electron chi connectivity index (χ0n) is 27.9. The molecule has 46 heavy (non-hydrogen) atoms. The number of hydrogen-bond acceptors (Lipinski definition) is 9. The predicted octanol–water partition coefficient (Wildman–Crippen LogP) is 5.58. The van der Waals surface area contributed by atoms with Crippen molar-refractivity contribution in [2.24, 2.45) is 10.4 Å². The van der Waals surface area contributed by atoms with Crippen molar-refractivity contribution in [2.45, 2.75) is 77.7 Å². The second-order valence-electron chi connectivity index (χ2n) is 13.7. The molecular weight excluding hydrogens is 584 g/mol. The smallest absolute Gasteiger partial charge is 0.256 e. The maximum absolute atomic E-state index is 13.5. The number of carbonyl (C=O) groups excluding carboxylic acids is 1. The van der Waals surface area contributed by atoms with Gasteiger partial charge in [0.1, 0.15) is 6.23 Å². The van der Waals surface area contributed by atoms with E-state index >= 15 is 0 Å². The third-order valence-corrected chi connectivity index (χ3v) is 9.67. The van der Waals surface area contributed by atoms with Gasteiger partial charge in [0.15, 0.2) is 23.0 Å². The monoisotopic (exact) mass is 632 g/mol. The van der Waals surface area contributed by atoms with Crippen LogP contribution < -0.4 is 23.8 Å². The van der Waals surface area contributed by atoms with Gasteiger partial charge >= 0.3 is 0 Å². The van der Waals surface area contributed by atoms with Gasteiger partial charge in [-0.25, -0.2) is 0 Å². The number of anilines is 1. The molecule has 6 rings (SSSR count). The quantitative estimate of drug-likeness (QED) is 0.254. The molecule has 0 spiro atoms. The number of benzene rings is 2. The van der Waals surface area contributed by atoms with Crippen molar-refractivity contribution in [1.82, 2.24) is 9.80 Å². The molecule has 0 saturated carbocycles. The second-order valence-corrected chi connectivity index (χ2v) is 13.7. The van der Waals surface area contributed by atoms with E-state index in [1.165, 1.54) is 5.56 Å². The van der Waals surface area contributed by atoms with Crippen LogP contribution in [0.5, 0.6) is 23.0 Å². The van der Waals surface area contributed by atoms with Crippen LogP contribution >= 0.6 is 0 Å². The first kappa shape index (κ1) is 32.2. The molecule has 1 N–H and O–H groups in total. The van der Waals surface area contributed by atoms with Gasteiger partial charge in [0.25, 0.3) is 5.91 Å². The Morgan fingerprint density at radius 2 is 1.67 bits per heavy atom. The van der Waals surface area contributed by atoms with E-state index in [0.717, 1.165) is 55.8 Å². The Morgan fingerprint density at radius 3 is 2.37 bits per heavy atom. The lowest BCUT2D eigenvalue weighted by Gasteiger charge is -2.33. The Bertz CT molecular complexity index is 1510. The normalized spacial score (nSPS) is 23.3. The van der Waals surface area contributed by atoms with E-state index in [9.17, 15) is 9.90 Å². The van der Waals surface area contributed by atoms with E-state index < -0.39 is 6.23 Å². The molecule has 3 atom stereocenters.